The number of rotatable bonds is 7. The van der Waals surface area contributed by atoms with Crippen LogP contribution in [0.15, 0.2) is 77.7 Å². The quantitative estimate of drug-likeness (QED) is 0.466. The molecule has 40 heavy (non-hydrogen) atoms. The number of nitrogens with one attached hydrogen (secondary N) is 1. The zero-order valence-corrected chi connectivity index (χ0v) is 24.1. The summed E-state index contributed by atoms with van der Waals surface area (Å²) in [7, 11) is -3.93. The van der Waals surface area contributed by atoms with Crippen molar-refractivity contribution in [2.24, 2.45) is 0 Å². The van der Waals surface area contributed by atoms with Gasteiger partial charge in [-0.3, -0.25) is 14.0 Å². The standard InChI is InChI=1S/C31H37N3O5S/c1-31(2,3)25-13-14-28-27(19-25)34(40(36,37)26-7-5-4-6-8-26)22-29(39-28)30(35)32-20-23-9-11-24(12-10-23)21-33-15-17-38-18-16-33/h4-14,19,29H,15-18,20-22H2,1-3H3,(H,32,35). The Balaban J connectivity index is 1.32. The molecule has 1 amide bonds. The number of amides is 1. The number of ether oxygens (including phenoxy) is 2. The second-order valence-corrected chi connectivity index (χ2v) is 13.2. The van der Waals surface area contributed by atoms with E-state index in [0.717, 1.165) is 44.0 Å². The molecular weight excluding hydrogens is 526 g/mol. The molecule has 0 saturated carbocycles. The van der Waals surface area contributed by atoms with Gasteiger partial charge in [-0.25, -0.2) is 8.42 Å². The Labute approximate surface area is 236 Å². The van der Waals surface area contributed by atoms with Crippen LogP contribution in [-0.2, 0) is 38.1 Å². The van der Waals surface area contributed by atoms with Crippen LogP contribution in [0.3, 0.4) is 0 Å². The molecule has 212 valence electrons. The molecule has 5 rings (SSSR count). The van der Waals surface area contributed by atoms with Gasteiger partial charge in [-0.15, -0.1) is 0 Å². The molecule has 1 N–H and O–H groups in total. The SMILES string of the molecule is CC(C)(C)c1ccc2c(c1)N(S(=O)(=O)c1ccccc1)CC(C(=O)NCc1ccc(CN3CCOCC3)cc1)O2. The van der Waals surface area contributed by atoms with Crippen LogP contribution in [0.1, 0.15) is 37.5 Å². The molecule has 2 heterocycles. The molecule has 3 aromatic rings. The minimum atomic E-state index is -3.93. The Bertz CT molecular complexity index is 1430. The third-order valence-corrected chi connectivity index (χ3v) is 9.11. The van der Waals surface area contributed by atoms with E-state index in [1.165, 1.54) is 9.87 Å². The van der Waals surface area contributed by atoms with Gasteiger partial charge in [0.25, 0.3) is 15.9 Å². The highest BCUT2D eigenvalue weighted by molar-refractivity contribution is 7.92. The number of fused-ring (bicyclic) bond motifs is 1. The van der Waals surface area contributed by atoms with E-state index in [-0.39, 0.29) is 22.8 Å². The first-order valence-corrected chi connectivity index (χ1v) is 15.1. The fraction of sp³-hybridized carbons (Fsp3) is 0.387. The Kier molecular flexibility index (Phi) is 8.16. The zero-order valence-electron chi connectivity index (χ0n) is 23.3. The highest BCUT2D eigenvalue weighted by Crippen LogP contribution is 2.40. The summed E-state index contributed by atoms with van der Waals surface area (Å²) in [5, 5.41) is 2.94. The van der Waals surface area contributed by atoms with Crippen molar-refractivity contribution < 1.29 is 22.7 Å². The lowest BCUT2D eigenvalue weighted by Crippen LogP contribution is -2.50. The average Bonchev–Trinajstić information content (AvgIpc) is 2.96. The van der Waals surface area contributed by atoms with Crippen LogP contribution >= 0.6 is 0 Å². The van der Waals surface area contributed by atoms with Gasteiger partial charge in [-0.1, -0.05) is 69.3 Å². The fourth-order valence-electron chi connectivity index (χ4n) is 4.88. The molecule has 1 saturated heterocycles. The normalized spacial score (nSPS) is 18.1. The van der Waals surface area contributed by atoms with Gasteiger partial charge in [0, 0.05) is 26.2 Å². The van der Waals surface area contributed by atoms with Crippen molar-refractivity contribution in [1.82, 2.24) is 10.2 Å². The van der Waals surface area contributed by atoms with Crippen LogP contribution in [0.4, 0.5) is 5.69 Å². The maximum Gasteiger partial charge on any atom is 0.264 e. The van der Waals surface area contributed by atoms with Crippen LogP contribution < -0.4 is 14.4 Å². The maximum atomic E-state index is 13.8. The minimum absolute atomic E-state index is 0.123. The van der Waals surface area contributed by atoms with Gasteiger partial charge in [0.15, 0.2) is 6.10 Å². The molecule has 1 atom stereocenters. The number of hydrogen-bond donors (Lipinski definition) is 1. The summed E-state index contributed by atoms with van der Waals surface area (Å²) in [5.74, 6) is 0.00238. The monoisotopic (exact) mass is 563 g/mol. The molecule has 0 spiro atoms. The summed E-state index contributed by atoms with van der Waals surface area (Å²) < 4.78 is 40.3. The molecule has 8 nitrogen and oxygen atoms in total. The van der Waals surface area contributed by atoms with Crippen molar-refractivity contribution in [2.45, 2.75) is 50.3 Å². The van der Waals surface area contributed by atoms with E-state index in [1.54, 1.807) is 36.4 Å². The summed E-state index contributed by atoms with van der Waals surface area (Å²) in [5.41, 5.74) is 3.39. The molecule has 0 aromatic heterocycles. The second-order valence-electron chi connectivity index (χ2n) is 11.3. The minimum Gasteiger partial charge on any atom is -0.476 e. The molecule has 1 unspecified atom stereocenters. The first kappa shape index (κ1) is 28.1. The van der Waals surface area contributed by atoms with Crippen molar-refractivity contribution in [3.05, 3.63) is 89.5 Å². The van der Waals surface area contributed by atoms with Gasteiger partial charge in [0.05, 0.1) is 30.3 Å². The second kappa shape index (κ2) is 11.6. The van der Waals surface area contributed by atoms with Crippen LogP contribution in [-0.4, -0.2) is 58.2 Å². The van der Waals surface area contributed by atoms with E-state index in [4.69, 9.17) is 9.47 Å². The Hall–Kier alpha value is -3.40. The van der Waals surface area contributed by atoms with Gasteiger partial charge in [-0.05, 0) is 46.4 Å². The molecule has 3 aromatic carbocycles. The first-order chi connectivity index (χ1) is 19.1. The highest BCUT2D eigenvalue weighted by Gasteiger charge is 2.38. The lowest BCUT2D eigenvalue weighted by Gasteiger charge is -2.36. The van der Waals surface area contributed by atoms with E-state index in [0.29, 0.717) is 18.0 Å². The van der Waals surface area contributed by atoms with Crippen molar-refractivity contribution in [2.75, 3.05) is 37.2 Å². The molecule has 1 fully saturated rings. The molecule has 0 bridgehead atoms. The molecular formula is C31H37N3O5S. The fourth-order valence-corrected chi connectivity index (χ4v) is 6.37. The average molecular weight is 564 g/mol. The van der Waals surface area contributed by atoms with E-state index in [2.05, 4.69) is 43.1 Å². The molecule has 0 aliphatic carbocycles. The van der Waals surface area contributed by atoms with Crippen LogP contribution in [0.2, 0.25) is 0 Å². The Morgan fingerprint density at radius 3 is 2.30 bits per heavy atom. The van der Waals surface area contributed by atoms with E-state index in [1.807, 2.05) is 24.3 Å². The van der Waals surface area contributed by atoms with Crippen molar-refractivity contribution >= 4 is 21.6 Å². The van der Waals surface area contributed by atoms with Crippen LogP contribution in [0.25, 0.3) is 0 Å². The number of morpholine rings is 1. The predicted molar refractivity (Wildman–Crippen MR) is 155 cm³/mol. The molecule has 0 radical (unpaired) electrons. The van der Waals surface area contributed by atoms with E-state index >= 15 is 0 Å². The van der Waals surface area contributed by atoms with Crippen molar-refractivity contribution in [3.63, 3.8) is 0 Å². The molecule has 2 aliphatic rings. The summed E-state index contributed by atoms with van der Waals surface area (Å²) in [4.78, 5) is 15.8. The summed E-state index contributed by atoms with van der Waals surface area (Å²) >= 11 is 0. The van der Waals surface area contributed by atoms with Crippen LogP contribution in [0, 0.1) is 0 Å². The third kappa shape index (κ3) is 6.32. The van der Waals surface area contributed by atoms with Crippen LogP contribution in [0.5, 0.6) is 5.75 Å². The topological polar surface area (TPSA) is 88.2 Å². The van der Waals surface area contributed by atoms with Gasteiger partial charge >= 0.3 is 0 Å². The predicted octanol–water partition coefficient (Wildman–Crippen LogP) is 4.09. The highest BCUT2D eigenvalue weighted by atomic mass is 32.2. The Morgan fingerprint density at radius 2 is 1.62 bits per heavy atom. The summed E-state index contributed by atoms with van der Waals surface area (Å²) in [6, 6.07) is 22.0. The van der Waals surface area contributed by atoms with Crippen molar-refractivity contribution in [3.8, 4) is 5.75 Å². The number of anilines is 1. The van der Waals surface area contributed by atoms with Gasteiger partial charge in [-0.2, -0.15) is 0 Å². The number of carbonyl (C=O) groups excluding carboxylic acids is 1. The number of benzene rings is 3. The maximum absolute atomic E-state index is 13.8. The smallest absolute Gasteiger partial charge is 0.264 e. The van der Waals surface area contributed by atoms with Crippen molar-refractivity contribution in [1.29, 1.82) is 0 Å². The molecule has 2 aliphatic heterocycles. The lowest BCUT2D eigenvalue weighted by molar-refractivity contribution is -0.127. The third-order valence-electron chi connectivity index (χ3n) is 7.32. The van der Waals surface area contributed by atoms with Gasteiger partial charge < -0.3 is 14.8 Å². The van der Waals surface area contributed by atoms with Gasteiger partial charge in [0.1, 0.15) is 5.75 Å². The zero-order chi connectivity index (χ0) is 28.3. The summed E-state index contributed by atoms with van der Waals surface area (Å²) in [6.07, 6.45) is -0.993. The lowest BCUT2D eigenvalue weighted by atomic mass is 9.86. The van der Waals surface area contributed by atoms with E-state index < -0.39 is 16.1 Å². The number of carbonyl (C=O) groups is 1. The van der Waals surface area contributed by atoms with Gasteiger partial charge in [0.2, 0.25) is 0 Å². The Morgan fingerprint density at radius 1 is 0.950 bits per heavy atom. The molecule has 9 heteroatoms. The number of sulfonamides is 1. The number of hydrogen-bond acceptors (Lipinski definition) is 6. The van der Waals surface area contributed by atoms with E-state index in [9.17, 15) is 13.2 Å². The summed E-state index contributed by atoms with van der Waals surface area (Å²) in [6.45, 7) is 10.7. The first-order valence-electron chi connectivity index (χ1n) is 13.7. The number of nitrogens with zero attached hydrogens (tertiary/aromatic N) is 2. The largest absolute Gasteiger partial charge is 0.476 e.